The monoisotopic (exact) mass is 356 g/mol. The first kappa shape index (κ1) is 23.6. The zero-order valence-electron chi connectivity index (χ0n) is 16.1. The number of carbonyl (C=O) groups excluding carboxylic acids is 2. The highest BCUT2D eigenvalue weighted by molar-refractivity contribution is 5.77. The predicted molar refractivity (Wildman–Crippen MR) is 99.4 cm³/mol. The van der Waals surface area contributed by atoms with Gasteiger partial charge in [-0.2, -0.15) is 0 Å². The highest BCUT2D eigenvalue weighted by Gasteiger charge is 2.08. The Hall–Kier alpha value is -1.36. The van der Waals surface area contributed by atoms with E-state index in [1.807, 2.05) is 13.0 Å². The Morgan fingerprint density at radius 2 is 1.40 bits per heavy atom. The van der Waals surface area contributed by atoms with E-state index < -0.39 is 5.97 Å². The zero-order valence-corrected chi connectivity index (χ0v) is 16.1. The van der Waals surface area contributed by atoms with Crippen molar-refractivity contribution in [1.82, 2.24) is 0 Å². The largest absolute Gasteiger partial charge is 0.463 e. The smallest absolute Gasteiger partial charge is 0.306 e. The fraction of sp³-hybridized carbons (Fsp3) is 0.800. The maximum Gasteiger partial charge on any atom is 0.306 e. The second kappa shape index (κ2) is 19.0. The SMILES string of the molecule is CCCCCCCCC/C=C/COC(=O)CCC(=O)OCCOCC. The summed E-state index contributed by atoms with van der Waals surface area (Å²) < 4.78 is 15.0. The highest BCUT2D eigenvalue weighted by atomic mass is 16.6. The zero-order chi connectivity index (χ0) is 18.6. The van der Waals surface area contributed by atoms with E-state index in [1.165, 1.54) is 44.9 Å². The molecule has 0 atom stereocenters. The van der Waals surface area contributed by atoms with Gasteiger partial charge in [0.15, 0.2) is 0 Å². The summed E-state index contributed by atoms with van der Waals surface area (Å²) in [5.74, 6) is -0.770. The van der Waals surface area contributed by atoms with Gasteiger partial charge >= 0.3 is 11.9 Å². The van der Waals surface area contributed by atoms with Gasteiger partial charge in [-0.3, -0.25) is 9.59 Å². The number of carbonyl (C=O) groups is 2. The van der Waals surface area contributed by atoms with Crippen LogP contribution >= 0.6 is 0 Å². The highest BCUT2D eigenvalue weighted by Crippen LogP contribution is 2.08. The Morgan fingerprint density at radius 3 is 2.08 bits per heavy atom. The molecule has 0 aromatic carbocycles. The summed E-state index contributed by atoms with van der Waals surface area (Å²) >= 11 is 0. The maximum atomic E-state index is 11.5. The van der Waals surface area contributed by atoms with E-state index in [-0.39, 0.29) is 32.0 Å². The minimum atomic E-state index is -0.397. The van der Waals surface area contributed by atoms with Crippen molar-refractivity contribution in [1.29, 1.82) is 0 Å². The van der Waals surface area contributed by atoms with Gasteiger partial charge in [-0.1, -0.05) is 57.6 Å². The number of ether oxygens (including phenoxy) is 3. The van der Waals surface area contributed by atoms with Gasteiger partial charge in [0.1, 0.15) is 13.2 Å². The van der Waals surface area contributed by atoms with Crippen LogP contribution in [0, 0.1) is 0 Å². The molecule has 0 unspecified atom stereocenters. The molecule has 0 saturated heterocycles. The van der Waals surface area contributed by atoms with Gasteiger partial charge in [0.25, 0.3) is 0 Å². The second-order valence-corrected chi connectivity index (χ2v) is 5.98. The van der Waals surface area contributed by atoms with Gasteiger partial charge in [-0.05, 0) is 19.8 Å². The summed E-state index contributed by atoms with van der Waals surface area (Å²) in [6, 6.07) is 0. The first-order valence-corrected chi connectivity index (χ1v) is 9.74. The molecule has 0 saturated carbocycles. The van der Waals surface area contributed by atoms with Crippen LogP contribution in [0.4, 0.5) is 0 Å². The molecule has 5 nitrogen and oxygen atoms in total. The van der Waals surface area contributed by atoms with E-state index in [9.17, 15) is 9.59 Å². The number of allylic oxidation sites excluding steroid dienone is 1. The molecular formula is C20H36O5. The van der Waals surface area contributed by atoms with Crippen LogP contribution in [-0.2, 0) is 23.8 Å². The van der Waals surface area contributed by atoms with Crippen LogP contribution in [0.2, 0.25) is 0 Å². The van der Waals surface area contributed by atoms with Gasteiger partial charge in [-0.25, -0.2) is 0 Å². The molecule has 0 N–H and O–H groups in total. The van der Waals surface area contributed by atoms with Crippen molar-refractivity contribution >= 4 is 11.9 Å². The molecule has 0 aliphatic rings. The standard InChI is InChI=1S/C20H36O5/c1-3-5-6-7-8-9-10-11-12-13-16-24-19(21)14-15-20(22)25-18-17-23-4-2/h12-13H,3-11,14-18H2,1-2H3/b13-12+. The molecular weight excluding hydrogens is 320 g/mol. The molecule has 0 fully saturated rings. The lowest BCUT2D eigenvalue weighted by atomic mass is 10.1. The Labute approximate surface area is 153 Å². The second-order valence-electron chi connectivity index (χ2n) is 5.98. The fourth-order valence-electron chi connectivity index (χ4n) is 2.25. The average Bonchev–Trinajstić information content (AvgIpc) is 2.61. The molecule has 0 aliphatic heterocycles. The van der Waals surface area contributed by atoms with E-state index in [0.717, 1.165) is 6.42 Å². The van der Waals surface area contributed by atoms with E-state index in [1.54, 1.807) is 0 Å². The number of unbranched alkanes of at least 4 members (excludes halogenated alkanes) is 7. The van der Waals surface area contributed by atoms with Crippen LogP contribution in [0.15, 0.2) is 12.2 Å². The Bertz CT molecular complexity index is 352. The fourth-order valence-corrected chi connectivity index (χ4v) is 2.25. The van der Waals surface area contributed by atoms with Crippen LogP contribution in [0.1, 0.15) is 78.1 Å². The van der Waals surface area contributed by atoms with Gasteiger partial charge < -0.3 is 14.2 Å². The lowest BCUT2D eigenvalue weighted by Crippen LogP contribution is -2.13. The number of rotatable bonds is 17. The van der Waals surface area contributed by atoms with Gasteiger partial charge in [-0.15, -0.1) is 0 Å². The molecule has 0 radical (unpaired) electrons. The van der Waals surface area contributed by atoms with E-state index in [0.29, 0.717) is 13.2 Å². The molecule has 0 heterocycles. The summed E-state index contributed by atoms with van der Waals surface area (Å²) in [4.78, 5) is 22.9. The molecule has 0 spiro atoms. The number of hydrogen-bond acceptors (Lipinski definition) is 5. The predicted octanol–water partition coefficient (Wildman–Crippen LogP) is 4.59. The summed E-state index contributed by atoms with van der Waals surface area (Å²) in [7, 11) is 0. The van der Waals surface area contributed by atoms with Crippen molar-refractivity contribution < 1.29 is 23.8 Å². The van der Waals surface area contributed by atoms with E-state index >= 15 is 0 Å². The molecule has 0 bridgehead atoms. The minimum absolute atomic E-state index is 0.0483. The minimum Gasteiger partial charge on any atom is -0.463 e. The van der Waals surface area contributed by atoms with Crippen LogP contribution in [0.25, 0.3) is 0 Å². The van der Waals surface area contributed by atoms with Crippen LogP contribution in [0.5, 0.6) is 0 Å². The number of hydrogen-bond donors (Lipinski definition) is 0. The Balaban J connectivity index is 3.40. The lowest BCUT2D eigenvalue weighted by Gasteiger charge is -2.05. The lowest BCUT2D eigenvalue weighted by molar-refractivity contribution is -0.150. The molecule has 0 aliphatic carbocycles. The molecule has 0 aromatic heterocycles. The third-order valence-electron chi connectivity index (χ3n) is 3.71. The van der Waals surface area contributed by atoms with E-state index in [4.69, 9.17) is 14.2 Å². The molecule has 0 amide bonds. The van der Waals surface area contributed by atoms with Crippen molar-refractivity contribution in [3.05, 3.63) is 12.2 Å². The first-order chi connectivity index (χ1) is 12.2. The molecule has 5 heteroatoms. The van der Waals surface area contributed by atoms with E-state index in [2.05, 4.69) is 13.0 Å². The van der Waals surface area contributed by atoms with Crippen molar-refractivity contribution in [2.75, 3.05) is 26.4 Å². The molecule has 0 rings (SSSR count). The van der Waals surface area contributed by atoms with Gasteiger partial charge in [0.05, 0.1) is 19.4 Å². The molecule has 25 heavy (non-hydrogen) atoms. The third-order valence-corrected chi connectivity index (χ3v) is 3.71. The quantitative estimate of drug-likeness (QED) is 0.217. The average molecular weight is 357 g/mol. The van der Waals surface area contributed by atoms with Crippen molar-refractivity contribution in [3.63, 3.8) is 0 Å². The maximum absolute atomic E-state index is 11.5. The van der Waals surface area contributed by atoms with Crippen molar-refractivity contribution in [2.24, 2.45) is 0 Å². The van der Waals surface area contributed by atoms with Crippen LogP contribution in [0.3, 0.4) is 0 Å². The Morgan fingerprint density at radius 1 is 0.760 bits per heavy atom. The summed E-state index contributed by atoms with van der Waals surface area (Å²) in [6.07, 6.45) is 14.1. The molecule has 0 aromatic rings. The topological polar surface area (TPSA) is 61.8 Å². The first-order valence-electron chi connectivity index (χ1n) is 9.74. The van der Waals surface area contributed by atoms with Crippen LogP contribution in [-0.4, -0.2) is 38.4 Å². The van der Waals surface area contributed by atoms with Crippen molar-refractivity contribution in [3.8, 4) is 0 Å². The van der Waals surface area contributed by atoms with Gasteiger partial charge in [0, 0.05) is 6.61 Å². The van der Waals surface area contributed by atoms with Crippen LogP contribution < -0.4 is 0 Å². The molecule has 146 valence electrons. The normalized spacial score (nSPS) is 11.0. The third kappa shape index (κ3) is 18.8. The van der Waals surface area contributed by atoms with Crippen molar-refractivity contribution in [2.45, 2.75) is 78.1 Å². The number of esters is 2. The summed E-state index contributed by atoms with van der Waals surface area (Å²) in [5, 5.41) is 0. The Kier molecular flexibility index (Phi) is 17.9. The summed E-state index contributed by atoms with van der Waals surface area (Å²) in [5.41, 5.74) is 0. The van der Waals surface area contributed by atoms with Gasteiger partial charge in [0.2, 0.25) is 0 Å². The summed E-state index contributed by atoms with van der Waals surface area (Å²) in [6.45, 7) is 5.58.